The largest absolute Gasteiger partial charge is 0.508 e. The molecule has 5 atom stereocenters. The summed E-state index contributed by atoms with van der Waals surface area (Å²) < 4.78 is 4.71. The van der Waals surface area contributed by atoms with E-state index in [0.29, 0.717) is 5.56 Å². The highest BCUT2D eigenvalue weighted by Crippen LogP contribution is 2.18. The summed E-state index contributed by atoms with van der Waals surface area (Å²) in [4.78, 5) is 22.3. The predicted octanol–water partition coefficient (Wildman–Crippen LogP) is -2.25. The summed E-state index contributed by atoms with van der Waals surface area (Å²) >= 11 is 0. The van der Waals surface area contributed by atoms with Gasteiger partial charge in [-0.2, -0.15) is 0 Å². The highest BCUT2D eigenvalue weighted by molar-refractivity contribution is 5.90. The number of hydrogen-bond acceptors (Lipinski definition) is 9. The standard InChI is InChI=1S/C15H20O10/c1-6-2-3-7(4-8(6)16)15(24)25-5-9(17)10(18)11(19)12(20)13(21)14(22)23/h2-4,9-13,16-21H,5H2,1H3,(H,22,23). The van der Waals surface area contributed by atoms with Gasteiger partial charge in [0.1, 0.15) is 36.8 Å². The lowest BCUT2D eigenvalue weighted by atomic mass is 9.99. The first kappa shape index (κ1) is 20.8. The molecule has 0 aliphatic heterocycles. The first-order chi connectivity index (χ1) is 11.6. The van der Waals surface area contributed by atoms with Crippen LogP contribution in [-0.2, 0) is 9.53 Å². The Morgan fingerprint density at radius 3 is 2.16 bits per heavy atom. The molecule has 0 aliphatic rings. The first-order valence-corrected chi connectivity index (χ1v) is 7.16. The van der Waals surface area contributed by atoms with Gasteiger partial charge >= 0.3 is 11.9 Å². The summed E-state index contributed by atoms with van der Waals surface area (Å²) in [6.45, 7) is 0.824. The van der Waals surface area contributed by atoms with Gasteiger partial charge in [0.15, 0.2) is 6.10 Å². The monoisotopic (exact) mass is 360 g/mol. The van der Waals surface area contributed by atoms with Gasteiger partial charge in [-0.05, 0) is 24.6 Å². The molecule has 10 heteroatoms. The fraction of sp³-hybridized carbons (Fsp3) is 0.467. The van der Waals surface area contributed by atoms with Gasteiger partial charge in [-0.3, -0.25) is 0 Å². The second-order valence-corrected chi connectivity index (χ2v) is 5.42. The number of phenols is 1. The molecule has 140 valence electrons. The molecule has 0 aromatic heterocycles. The summed E-state index contributed by atoms with van der Waals surface area (Å²) in [5.41, 5.74) is 0.507. The number of aliphatic hydroxyl groups is 5. The van der Waals surface area contributed by atoms with E-state index in [2.05, 4.69) is 0 Å². The van der Waals surface area contributed by atoms with E-state index < -0.39 is 49.1 Å². The van der Waals surface area contributed by atoms with Crippen LogP contribution < -0.4 is 0 Å². The van der Waals surface area contributed by atoms with Crippen LogP contribution in [0.5, 0.6) is 5.75 Å². The summed E-state index contributed by atoms with van der Waals surface area (Å²) in [6, 6.07) is 3.97. The van der Waals surface area contributed by atoms with E-state index in [1.54, 1.807) is 6.92 Å². The summed E-state index contributed by atoms with van der Waals surface area (Å²) in [6.07, 6.45) is -10.8. The third-order valence-electron chi connectivity index (χ3n) is 3.50. The number of hydrogen-bond donors (Lipinski definition) is 7. The molecular formula is C15H20O10. The second kappa shape index (κ2) is 8.74. The van der Waals surface area contributed by atoms with E-state index in [-0.39, 0.29) is 11.3 Å². The Hall–Kier alpha value is -2.24. The van der Waals surface area contributed by atoms with E-state index in [1.165, 1.54) is 12.1 Å². The normalized spacial score (nSPS) is 17.2. The number of carboxylic acids is 1. The maximum Gasteiger partial charge on any atom is 0.338 e. The number of aromatic hydroxyl groups is 1. The van der Waals surface area contributed by atoms with Crippen molar-refractivity contribution in [2.75, 3.05) is 6.61 Å². The number of ether oxygens (including phenoxy) is 1. The Morgan fingerprint density at radius 1 is 1.04 bits per heavy atom. The Morgan fingerprint density at radius 2 is 1.64 bits per heavy atom. The van der Waals surface area contributed by atoms with Crippen molar-refractivity contribution in [3.8, 4) is 5.75 Å². The minimum absolute atomic E-state index is 0.0216. The lowest BCUT2D eigenvalue weighted by Crippen LogP contribution is -2.52. The zero-order valence-electron chi connectivity index (χ0n) is 13.2. The maximum absolute atomic E-state index is 11.8. The molecule has 0 aliphatic carbocycles. The molecule has 10 nitrogen and oxygen atoms in total. The number of aryl methyl sites for hydroxylation is 1. The zero-order chi connectivity index (χ0) is 19.3. The molecule has 5 unspecified atom stereocenters. The molecule has 1 aromatic rings. The van der Waals surface area contributed by atoms with E-state index in [9.17, 15) is 35.1 Å². The van der Waals surface area contributed by atoms with Gasteiger partial charge in [-0.25, -0.2) is 9.59 Å². The molecule has 25 heavy (non-hydrogen) atoms. The quantitative estimate of drug-likeness (QED) is 0.250. The lowest BCUT2D eigenvalue weighted by Gasteiger charge is -2.27. The van der Waals surface area contributed by atoms with Crippen LogP contribution in [0.25, 0.3) is 0 Å². The van der Waals surface area contributed by atoms with E-state index in [1.807, 2.05) is 0 Å². The molecule has 7 N–H and O–H groups in total. The van der Waals surface area contributed by atoms with Crippen LogP contribution in [0.15, 0.2) is 18.2 Å². The minimum Gasteiger partial charge on any atom is -0.508 e. The lowest BCUT2D eigenvalue weighted by molar-refractivity contribution is -0.169. The number of carboxylic acid groups (broad SMARTS) is 1. The Kier molecular flexibility index (Phi) is 7.27. The third kappa shape index (κ3) is 5.37. The second-order valence-electron chi connectivity index (χ2n) is 5.42. The highest BCUT2D eigenvalue weighted by atomic mass is 16.5. The van der Waals surface area contributed by atoms with Gasteiger partial charge in [-0.15, -0.1) is 0 Å². The fourth-order valence-corrected chi connectivity index (χ4v) is 1.84. The highest BCUT2D eigenvalue weighted by Gasteiger charge is 2.37. The molecule has 0 fully saturated rings. The number of phenolic OH excluding ortho intramolecular Hbond substituents is 1. The van der Waals surface area contributed by atoms with Crippen molar-refractivity contribution in [2.24, 2.45) is 0 Å². The molecule has 0 radical (unpaired) electrons. The average Bonchev–Trinajstić information content (AvgIpc) is 2.58. The van der Waals surface area contributed by atoms with Crippen LogP contribution in [0.1, 0.15) is 15.9 Å². The molecule has 1 aromatic carbocycles. The van der Waals surface area contributed by atoms with E-state index in [4.69, 9.17) is 14.9 Å². The smallest absolute Gasteiger partial charge is 0.338 e. The minimum atomic E-state index is -2.38. The topological polar surface area (TPSA) is 185 Å². The number of aliphatic hydroxyl groups excluding tert-OH is 5. The number of benzene rings is 1. The number of carbonyl (C=O) groups is 2. The van der Waals surface area contributed by atoms with Crippen molar-refractivity contribution in [3.05, 3.63) is 29.3 Å². The predicted molar refractivity (Wildman–Crippen MR) is 80.8 cm³/mol. The van der Waals surface area contributed by atoms with Crippen molar-refractivity contribution in [1.82, 2.24) is 0 Å². The van der Waals surface area contributed by atoms with Gasteiger partial charge < -0.3 is 40.5 Å². The first-order valence-electron chi connectivity index (χ1n) is 7.16. The Balaban J connectivity index is 2.62. The van der Waals surface area contributed by atoms with Crippen molar-refractivity contribution >= 4 is 11.9 Å². The molecule has 0 bridgehead atoms. The summed E-state index contributed by atoms with van der Waals surface area (Å²) in [7, 11) is 0. The number of rotatable bonds is 8. The molecule has 0 spiro atoms. The molecule has 0 saturated carbocycles. The van der Waals surface area contributed by atoms with Gasteiger partial charge in [-0.1, -0.05) is 6.07 Å². The van der Waals surface area contributed by atoms with Gasteiger partial charge in [0.2, 0.25) is 0 Å². The van der Waals surface area contributed by atoms with Crippen molar-refractivity contribution in [3.63, 3.8) is 0 Å². The zero-order valence-corrected chi connectivity index (χ0v) is 13.2. The van der Waals surface area contributed by atoms with Crippen LogP contribution >= 0.6 is 0 Å². The van der Waals surface area contributed by atoms with Crippen LogP contribution in [0, 0.1) is 6.92 Å². The SMILES string of the molecule is Cc1ccc(C(=O)OCC(O)C(O)C(O)C(O)C(O)C(=O)O)cc1O. The van der Waals surface area contributed by atoms with Crippen LogP contribution in [-0.4, -0.2) is 84.8 Å². The van der Waals surface area contributed by atoms with Gasteiger partial charge in [0.05, 0.1) is 5.56 Å². The summed E-state index contributed by atoms with van der Waals surface area (Å²) in [5, 5.41) is 65.4. The van der Waals surface area contributed by atoms with Crippen LogP contribution in [0.2, 0.25) is 0 Å². The van der Waals surface area contributed by atoms with Gasteiger partial charge in [0.25, 0.3) is 0 Å². The van der Waals surface area contributed by atoms with Crippen LogP contribution in [0.4, 0.5) is 0 Å². The Labute approximate surface area is 142 Å². The maximum atomic E-state index is 11.8. The molecule has 0 heterocycles. The third-order valence-corrected chi connectivity index (χ3v) is 3.50. The molecular weight excluding hydrogens is 340 g/mol. The van der Waals surface area contributed by atoms with E-state index in [0.717, 1.165) is 6.07 Å². The van der Waals surface area contributed by atoms with Crippen molar-refractivity contribution in [2.45, 2.75) is 37.4 Å². The number of aliphatic carboxylic acids is 1. The fourth-order valence-electron chi connectivity index (χ4n) is 1.84. The molecule has 0 saturated heterocycles. The molecule has 1 rings (SSSR count). The number of esters is 1. The molecule has 0 amide bonds. The van der Waals surface area contributed by atoms with E-state index >= 15 is 0 Å². The Bertz CT molecular complexity index is 616. The van der Waals surface area contributed by atoms with Crippen LogP contribution in [0.3, 0.4) is 0 Å². The van der Waals surface area contributed by atoms with Gasteiger partial charge in [0, 0.05) is 0 Å². The summed E-state index contributed by atoms with van der Waals surface area (Å²) in [5.74, 6) is -2.91. The number of carbonyl (C=O) groups excluding carboxylic acids is 1. The van der Waals surface area contributed by atoms with Crippen molar-refractivity contribution in [1.29, 1.82) is 0 Å². The van der Waals surface area contributed by atoms with Crippen molar-refractivity contribution < 1.29 is 50.1 Å². The average molecular weight is 360 g/mol.